The fourth-order valence-electron chi connectivity index (χ4n) is 2.99. The average Bonchev–Trinajstić information content (AvgIpc) is 2.99. The molecule has 1 aliphatic heterocycles. The van der Waals surface area contributed by atoms with Crippen LogP contribution < -0.4 is 14.8 Å². The van der Waals surface area contributed by atoms with Crippen molar-refractivity contribution in [3.05, 3.63) is 17.7 Å². The van der Waals surface area contributed by atoms with E-state index in [0.29, 0.717) is 18.3 Å². The number of ether oxygens (including phenoxy) is 2. The molecule has 1 aromatic rings. The van der Waals surface area contributed by atoms with Crippen LogP contribution >= 0.6 is 0 Å². The molecule has 0 aliphatic carbocycles. The van der Waals surface area contributed by atoms with Crippen LogP contribution in [0.15, 0.2) is 12.1 Å². The second-order valence-electron chi connectivity index (χ2n) is 5.33. The lowest BCUT2D eigenvalue weighted by atomic mass is 10.1. The van der Waals surface area contributed by atoms with E-state index >= 15 is 0 Å². The van der Waals surface area contributed by atoms with Crippen molar-refractivity contribution in [2.45, 2.75) is 25.8 Å². The fourth-order valence-corrected chi connectivity index (χ4v) is 2.99. The molecule has 0 aromatic heterocycles. The van der Waals surface area contributed by atoms with Crippen molar-refractivity contribution < 1.29 is 19.4 Å². The number of rotatable bonds is 6. The van der Waals surface area contributed by atoms with Gasteiger partial charge in [0.2, 0.25) is 0 Å². The van der Waals surface area contributed by atoms with E-state index in [4.69, 9.17) is 9.47 Å². The van der Waals surface area contributed by atoms with Gasteiger partial charge in [-0.25, -0.2) is 0 Å². The quantitative estimate of drug-likeness (QED) is 0.836. The summed E-state index contributed by atoms with van der Waals surface area (Å²) in [5.41, 5.74) is 0.228. The van der Waals surface area contributed by atoms with E-state index in [1.165, 1.54) is 20.3 Å². The van der Waals surface area contributed by atoms with E-state index in [1.807, 2.05) is 0 Å². The number of likely N-dealkylation sites (N-methyl/N-ethyl adjacent to an activating group) is 1. The zero-order valence-corrected chi connectivity index (χ0v) is 13.4. The van der Waals surface area contributed by atoms with Crippen LogP contribution in [0.25, 0.3) is 0 Å². The van der Waals surface area contributed by atoms with Crippen molar-refractivity contribution in [3.63, 3.8) is 0 Å². The first-order chi connectivity index (χ1) is 10.6. The molecule has 1 amide bonds. The second kappa shape index (κ2) is 7.35. The van der Waals surface area contributed by atoms with Crippen LogP contribution in [-0.4, -0.2) is 55.8 Å². The van der Waals surface area contributed by atoms with Gasteiger partial charge in [0.05, 0.1) is 14.2 Å². The number of phenols is 1. The number of nitrogens with zero attached hydrogens (tertiary/aromatic N) is 1. The minimum atomic E-state index is -0.299. The third-order valence-corrected chi connectivity index (χ3v) is 4.15. The van der Waals surface area contributed by atoms with E-state index in [1.54, 1.807) is 6.07 Å². The van der Waals surface area contributed by atoms with Crippen LogP contribution in [0.2, 0.25) is 0 Å². The van der Waals surface area contributed by atoms with Gasteiger partial charge in [-0.3, -0.25) is 9.69 Å². The monoisotopic (exact) mass is 308 g/mol. The summed E-state index contributed by atoms with van der Waals surface area (Å²) in [5.74, 6) is 0.138. The van der Waals surface area contributed by atoms with E-state index in [-0.39, 0.29) is 23.0 Å². The van der Waals surface area contributed by atoms with Crippen LogP contribution in [0.1, 0.15) is 30.1 Å². The molecule has 1 atom stereocenters. The van der Waals surface area contributed by atoms with Crippen LogP contribution in [0.5, 0.6) is 17.2 Å². The molecule has 1 aliphatic rings. The van der Waals surface area contributed by atoms with E-state index in [9.17, 15) is 9.90 Å². The highest BCUT2D eigenvalue weighted by Gasteiger charge is 2.26. The SMILES string of the molecule is CCN1CCCC1CNC(=O)c1c(OC)ccc(O)c1OC. The van der Waals surface area contributed by atoms with Crippen molar-refractivity contribution in [1.29, 1.82) is 0 Å². The number of carbonyl (C=O) groups is 1. The number of nitrogens with one attached hydrogen (secondary N) is 1. The Morgan fingerprint density at radius 1 is 1.41 bits per heavy atom. The first-order valence-electron chi connectivity index (χ1n) is 7.58. The summed E-state index contributed by atoms with van der Waals surface area (Å²) in [5, 5.41) is 12.8. The lowest BCUT2D eigenvalue weighted by Gasteiger charge is -2.23. The molecule has 6 nitrogen and oxygen atoms in total. The minimum Gasteiger partial charge on any atom is -0.504 e. The average molecular weight is 308 g/mol. The van der Waals surface area contributed by atoms with Gasteiger partial charge in [0.15, 0.2) is 11.5 Å². The molecule has 1 aromatic carbocycles. The van der Waals surface area contributed by atoms with Gasteiger partial charge in [-0.05, 0) is 38.1 Å². The van der Waals surface area contributed by atoms with E-state index in [2.05, 4.69) is 17.1 Å². The summed E-state index contributed by atoms with van der Waals surface area (Å²) in [7, 11) is 2.90. The van der Waals surface area contributed by atoms with Gasteiger partial charge < -0.3 is 19.9 Å². The predicted octanol–water partition coefficient (Wildman–Crippen LogP) is 1.62. The highest BCUT2D eigenvalue weighted by Crippen LogP contribution is 2.36. The van der Waals surface area contributed by atoms with Crippen LogP contribution in [0.4, 0.5) is 0 Å². The van der Waals surface area contributed by atoms with E-state index < -0.39 is 0 Å². The van der Waals surface area contributed by atoms with Gasteiger partial charge in [-0.2, -0.15) is 0 Å². The van der Waals surface area contributed by atoms with Gasteiger partial charge in [0.25, 0.3) is 5.91 Å². The van der Waals surface area contributed by atoms with Crippen molar-refractivity contribution in [1.82, 2.24) is 10.2 Å². The number of benzene rings is 1. The number of amides is 1. The number of aromatic hydroxyl groups is 1. The first-order valence-corrected chi connectivity index (χ1v) is 7.58. The third kappa shape index (κ3) is 3.27. The molecule has 0 saturated carbocycles. The van der Waals surface area contributed by atoms with Crippen molar-refractivity contribution in [2.24, 2.45) is 0 Å². The Labute approximate surface area is 131 Å². The van der Waals surface area contributed by atoms with Crippen molar-refractivity contribution in [3.8, 4) is 17.2 Å². The summed E-state index contributed by atoms with van der Waals surface area (Å²) in [6.45, 7) is 4.77. The Kier molecular flexibility index (Phi) is 5.49. The Balaban J connectivity index is 2.13. The molecule has 0 radical (unpaired) electrons. The van der Waals surface area contributed by atoms with Gasteiger partial charge >= 0.3 is 0 Å². The Morgan fingerprint density at radius 3 is 2.82 bits per heavy atom. The van der Waals surface area contributed by atoms with Gasteiger partial charge in [-0.15, -0.1) is 0 Å². The predicted molar refractivity (Wildman–Crippen MR) is 83.8 cm³/mol. The second-order valence-corrected chi connectivity index (χ2v) is 5.33. The summed E-state index contributed by atoms with van der Waals surface area (Å²) in [4.78, 5) is 14.9. The minimum absolute atomic E-state index is 0.0792. The zero-order chi connectivity index (χ0) is 16.1. The standard InChI is InChI=1S/C16H24N2O4/c1-4-18-9-5-6-11(18)10-17-16(20)14-13(21-2)8-7-12(19)15(14)22-3/h7-8,11,19H,4-6,9-10H2,1-3H3,(H,17,20). The van der Waals surface area contributed by atoms with Crippen molar-refractivity contribution in [2.75, 3.05) is 33.9 Å². The number of hydrogen-bond donors (Lipinski definition) is 2. The van der Waals surface area contributed by atoms with Gasteiger partial charge in [0, 0.05) is 12.6 Å². The summed E-state index contributed by atoms with van der Waals surface area (Å²) >= 11 is 0. The highest BCUT2D eigenvalue weighted by molar-refractivity contribution is 6.00. The Hall–Kier alpha value is -1.95. The molecule has 0 spiro atoms. The van der Waals surface area contributed by atoms with Crippen LogP contribution in [0, 0.1) is 0 Å². The molecule has 2 rings (SSSR count). The normalized spacial score (nSPS) is 18.2. The number of hydrogen-bond acceptors (Lipinski definition) is 5. The largest absolute Gasteiger partial charge is 0.504 e. The number of carbonyl (C=O) groups excluding carboxylic acids is 1. The first kappa shape index (κ1) is 16.4. The van der Waals surface area contributed by atoms with Crippen molar-refractivity contribution >= 4 is 5.91 Å². The molecule has 1 saturated heterocycles. The molecule has 6 heteroatoms. The maximum atomic E-state index is 12.5. The molecule has 22 heavy (non-hydrogen) atoms. The maximum absolute atomic E-state index is 12.5. The van der Waals surface area contributed by atoms with Gasteiger partial charge in [-0.1, -0.05) is 6.92 Å². The number of likely N-dealkylation sites (tertiary alicyclic amines) is 1. The number of phenolic OH excluding ortho intramolecular Hbond substituents is 1. The highest BCUT2D eigenvalue weighted by atomic mass is 16.5. The molecular formula is C16H24N2O4. The maximum Gasteiger partial charge on any atom is 0.259 e. The Morgan fingerprint density at radius 2 is 2.18 bits per heavy atom. The topological polar surface area (TPSA) is 71.0 Å². The van der Waals surface area contributed by atoms with E-state index in [0.717, 1.165) is 25.9 Å². The lowest BCUT2D eigenvalue weighted by molar-refractivity contribution is 0.0934. The summed E-state index contributed by atoms with van der Waals surface area (Å²) in [6, 6.07) is 3.37. The summed E-state index contributed by atoms with van der Waals surface area (Å²) < 4.78 is 10.4. The summed E-state index contributed by atoms with van der Waals surface area (Å²) in [6.07, 6.45) is 2.25. The molecule has 2 N–H and O–H groups in total. The third-order valence-electron chi connectivity index (χ3n) is 4.15. The van der Waals surface area contributed by atoms with Gasteiger partial charge in [0.1, 0.15) is 11.3 Å². The molecule has 1 heterocycles. The molecule has 0 bridgehead atoms. The van der Waals surface area contributed by atoms with Crippen LogP contribution in [0.3, 0.4) is 0 Å². The molecule has 122 valence electrons. The lowest BCUT2D eigenvalue weighted by Crippen LogP contribution is -2.40. The fraction of sp³-hybridized carbons (Fsp3) is 0.562. The molecule has 1 fully saturated rings. The Bertz CT molecular complexity index is 533. The molecule has 1 unspecified atom stereocenters. The molecular weight excluding hydrogens is 284 g/mol. The zero-order valence-electron chi connectivity index (χ0n) is 13.4. The van der Waals surface area contributed by atoms with Crippen LogP contribution in [-0.2, 0) is 0 Å². The smallest absolute Gasteiger partial charge is 0.259 e. The number of methoxy groups -OCH3 is 2.